The molecule has 23 heavy (non-hydrogen) atoms. The normalized spacial score (nSPS) is 20.2. The van der Waals surface area contributed by atoms with E-state index in [0.29, 0.717) is 18.8 Å². The lowest BCUT2D eigenvalue weighted by atomic mass is 10.2. The van der Waals surface area contributed by atoms with E-state index in [2.05, 4.69) is 20.5 Å². The fourth-order valence-corrected chi connectivity index (χ4v) is 2.50. The van der Waals surface area contributed by atoms with E-state index in [0.717, 1.165) is 12.2 Å². The Kier molecular flexibility index (Phi) is 4.68. The summed E-state index contributed by atoms with van der Waals surface area (Å²) in [5.74, 6) is -0.113. The number of aromatic nitrogens is 3. The van der Waals surface area contributed by atoms with Crippen LogP contribution in [-0.4, -0.2) is 58.6 Å². The summed E-state index contributed by atoms with van der Waals surface area (Å²) in [4.78, 5) is 14.4. The Bertz CT molecular complexity index is 658. The number of morpholine rings is 1. The Morgan fingerprint density at radius 1 is 1.39 bits per heavy atom. The lowest BCUT2D eigenvalue weighted by Crippen LogP contribution is -2.48. The zero-order valence-corrected chi connectivity index (χ0v) is 13.3. The first-order chi connectivity index (χ1) is 11.1. The highest BCUT2D eigenvalue weighted by molar-refractivity contribution is 5.81. The predicted molar refractivity (Wildman–Crippen MR) is 85.2 cm³/mol. The molecule has 0 radical (unpaired) electrons. The molecule has 7 heteroatoms. The maximum Gasteiger partial charge on any atom is 0.250 e. The van der Waals surface area contributed by atoms with E-state index in [1.165, 1.54) is 0 Å². The van der Waals surface area contributed by atoms with Crippen molar-refractivity contribution in [3.63, 3.8) is 0 Å². The average Bonchev–Trinajstić information content (AvgIpc) is 3.06. The van der Waals surface area contributed by atoms with E-state index in [1.807, 2.05) is 50.5 Å². The molecule has 2 atom stereocenters. The summed E-state index contributed by atoms with van der Waals surface area (Å²) >= 11 is 0. The number of carbonyl (C=O) groups excluding carboxylic acids is 1. The Morgan fingerprint density at radius 2 is 2.17 bits per heavy atom. The van der Waals surface area contributed by atoms with Gasteiger partial charge in [0.25, 0.3) is 5.91 Å². The van der Waals surface area contributed by atoms with Gasteiger partial charge in [0.05, 0.1) is 24.5 Å². The molecule has 122 valence electrons. The number of carbonyl (C=O) groups is 1. The van der Waals surface area contributed by atoms with Crippen LogP contribution in [0.5, 0.6) is 0 Å². The van der Waals surface area contributed by atoms with E-state index >= 15 is 0 Å². The molecule has 1 amide bonds. The number of nitrogens with zero attached hydrogens (tertiary/aromatic N) is 4. The monoisotopic (exact) mass is 315 g/mol. The minimum Gasteiger partial charge on any atom is -0.366 e. The van der Waals surface area contributed by atoms with E-state index < -0.39 is 6.10 Å². The fourth-order valence-electron chi connectivity index (χ4n) is 2.50. The molecule has 1 aromatic carbocycles. The summed E-state index contributed by atoms with van der Waals surface area (Å²) in [6, 6.07) is 9.51. The summed E-state index contributed by atoms with van der Waals surface area (Å²) in [6.45, 7) is 3.93. The Morgan fingerprint density at radius 3 is 2.91 bits per heavy atom. The van der Waals surface area contributed by atoms with Gasteiger partial charge in [-0.2, -0.15) is 0 Å². The van der Waals surface area contributed by atoms with E-state index in [-0.39, 0.29) is 11.9 Å². The van der Waals surface area contributed by atoms with Gasteiger partial charge in [0.15, 0.2) is 0 Å². The first kappa shape index (κ1) is 15.6. The summed E-state index contributed by atoms with van der Waals surface area (Å²) < 4.78 is 7.22. The number of benzene rings is 1. The number of nitrogens with one attached hydrogen (secondary N) is 1. The molecule has 1 saturated heterocycles. The van der Waals surface area contributed by atoms with Crippen LogP contribution in [0.4, 0.5) is 0 Å². The maximum absolute atomic E-state index is 12.3. The van der Waals surface area contributed by atoms with Crippen LogP contribution in [0.2, 0.25) is 0 Å². The SMILES string of the molecule is C[C@H](NC(=O)[C@@H]1CN(C)CCO1)c1cn(-c2ccccc2)nn1. The van der Waals surface area contributed by atoms with Crippen molar-refractivity contribution < 1.29 is 9.53 Å². The van der Waals surface area contributed by atoms with Gasteiger partial charge in [0.1, 0.15) is 11.8 Å². The van der Waals surface area contributed by atoms with Crippen LogP contribution in [0, 0.1) is 0 Å². The van der Waals surface area contributed by atoms with E-state index in [9.17, 15) is 4.79 Å². The standard InChI is InChI=1S/C16H21N5O2/c1-12(17-16(22)15-11-20(2)8-9-23-15)14-10-21(19-18-14)13-6-4-3-5-7-13/h3-7,10,12,15H,8-9,11H2,1-2H3,(H,17,22)/t12-,15-/m0/s1. The second kappa shape index (κ2) is 6.89. The molecule has 0 spiro atoms. The molecule has 3 rings (SSSR count). The molecular formula is C16H21N5O2. The average molecular weight is 315 g/mol. The molecule has 0 saturated carbocycles. The van der Waals surface area contributed by atoms with Gasteiger partial charge in [0.2, 0.25) is 0 Å². The molecular weight excluding hydrogens is 294 g/mol. The van der Waals surface area contributed by atoms with Crippen LogP contribution in [-0.2, 0) is 9.53 Å². The van der Waals surface area contributed by atoms with Crippen molar-refractivity contribution >= 4 is 5.91 Å². The minimum absolute atomic E-state index is 0.113. The molecule has 2 heterocycles. The number of para-hydroxylation sites is 1. The van der Waals surface area contributed by atoms with E-state index in [4.69, 9.17) is 4.74 Å². The summed E-state index contributed by atoms with van der Waals surface area (Å²) in [5.41, 5.74) is 1.65. The van der Waals surface area contributed by atoms with Crippen LogP contribution in [0.25, 0.3) is 5.69 Å². The van der Waals surface area contributed by atoms with Crippen molar-refractivity contribution in [3.05, 3.63) is 42.2 Å². The van der Waals surface area contributed by atoms with Crippen LogP contribution in [0.3, 0.4) is 0 Å². The highest BCUT2D eigenvalue weighted by Crippen LogP contribution is 2.13. The second-order valence-electron chi connectivity index (χ2n) is 5.78. The number of amides is 1. The lowest BCUT2D eigenvalue weighted by molar-refractivity contribution is -0.138. The van der Waals surface area contributed by atoms with Crippen LogP contribution in [0.1, 0.15) is 18.7 Å². The molecule has 7 nitrogen and oxygen atoms in total. The molecule has 1 aliphatic rings. The Labute approximate surface area is 135 Å². The first-order valence-corrected chi connectivity index (χ1v) is 7.71. The lowest BCUT2D eigenvalue weighted by Gasteiger charge is -2.29. The van der Waals surface area contributed by atoms with Gasteiger partial charge in [-0.25, -0.2) is 4.68 Å². The number of rotatable bonds is 4. The molecule has 2 aromatic rings. The van der Waals surface area contributed by atoms with Crippen molar-refractivity contribution in [1.29, 1.82) is 0 Å². The van der Waals surface area contributed by atoms with Gasteiger partial charge in [-0.15, -0.1) is 5.10 Å². The largest absolute Gasteiger partial charge is 0.366 e. The van der Waals surface area contributed by atoms with Crippen LogP contribution >= 0.6 is 0 Å². The highest BCUT2D eigenvalue weighted by Gasteiger charge is 2.26. The summed E-state index contributed by atoms with van der Waals surface area (Å²) in [6.07, 6.45) is 1.40. The summed E-state index contributed by atoms with van der Waals surface area (Å²) in [7, 11) is 1.98. The smallest absolute Gasteiger partial charge is 0.250 e. The van der Waals surface area contributed by atoms with Gasteiger partial charge < -0.3 is 15.0 Å². The van der Waals surface area contributed by atoms with Crippen molar-refractivity contribution in [2.24, 2.45) is 0 Å². The fraction of sp³-hybridized carbons (Fsp3) is 0.438. The molecule has 0 aliphatic carbocycles. The quantitative estimate of drug-likeness (QED) is 0.902. The molecule has 0 bridgehead atoms. The first-order valence-electron chi connectivity index (χ1n) is 7.71. The zero-order chi connectivity index (χ0) is 16.2. The third-order valence-electron chi connectivity index (χ3n) is 3.90. The van der Waals surface area contributed by atoms with Gasteiger partial charge in [-0.1, -0.05) is 23.4 Å². The predicted octanol–water partition coefficient (Wildman–Crippen LogP) is 0.775. The Balaban J connectivity index is 1.63. The molecule has 1 N–H and O–H groups in total. The minimum atomic E-state index is -0.430. The molecule has 1 aliphatic heterocycles. The van der Waals surface area contributed by atoms with Gasteiger partial charge >= 0.3 is 0 Å². The van der Waals surface area contributed by atoms with Crippen molar-refractivity contribution in [3.8, 4) is 5.69 Å². The topological polar surface area (TPSA) is 72.3 Å². The van der Waals surface area contributed by atoms with Crippen molar-refractivity contribution in [2.75, 3.05) is 26.7 Å². The van der Waals surface area contributed by atoms with Crippen molar-refractivity contribution in [2.45, 2.75) is 19.1 Å². The van der Waals surface area contributed by atoms with Crippen molar-refractivity contribution in [1.82, 2.24) is 25.2 Å². The molecule has 1 fully saturated rings. The van der Waals surface area contributed by atoms with Gasteiger partial charge in [0, 0.05) is 13.1 Å². The zero-order valence-electron chi connectivity index (χ0n) is 13.3. The van der Waals surface area contributed by atoms with Crippen LogP contribution < -0.4 is 5.32 Å². The summed E-state index contributed by atoms with van der Waals surface area (Å²) in [5, 5.41) is 11.2. The molecule has 1 aromatic heterocycles. The second-order valence-corrected chi connectivity index (χ2v) is 5.78. The third-order valence-corrected chi connectivity index (χ3v) is 3.90. The van der Waals surface area contributed by atoms with Gasteiger partial charge in [-0.3, -0.25) is 4.79 Å². The number of hydrogen-bond acceptors (Lipinski definition) is 5. The molecule has 0 unspecified atom stereocenters. The number of hydrogen-bond donors (Lipinski definition) is 1. The Hall–Kier alpha value is -2.25. The van der Waals surface area contributed by atoms with E-state index in [1.54, 1.807) is 4.68 Å². The van der Waals surface area contributed by atoms with Crippen LogP contribution in [0.15, 0.2) is 36.5 Å². The van der Waals surface area contributed by atoms with Gasteiger partial charge in [-0.05, 0) is 26.1 Å². The number of ether oxygens (including phenoxy) is 1. The third kappa shape index (κ3) is 3.75. The highest BCUT2D eigenvalue weighted by atomic mass is 16.5. The maximum atomic E-state index is 12.3. The number of likely N-dealkylation sites (N-methyl/N-ethyl adjacent to an activating group) is 1.